The Kier molecular flexibility index (Phi) is 13.6. The molecule has 0 aromatic heterocycles. The summed E-state index contributed by atoms with van der Waals surface area (Å²) in [5.41, 5.74) is 12.1. The molecule has 11 nitrogen and oxygen atoms in total. The number of para-hydroxylation sites is 2. The molecule has 0 aliphatic carbocycles. The second kappa shape index (κ2) is 18.7. The third-order valence-electron chi connectivity index (χ3n) is 10.1. The molecule has 5 N–H and O–H groups in total. The third kappa shape index (κ3) is 11.3. The minimum atomic E-state index is -0.628. The standard InChI is InChI=1S/C45H54N4O7/c1-45(2,3)56-43(53)39-13-8-24-49(39)28-36-26-40(33-18-16-30(29-50)17-19-33)55-44(54-36)34-22-20-32(21-23-34)35-10-6-9-31(25-35)27-47-41(51)14-7-15-42(52)48-38-12-5-4-11-37(38)46/h4-6,9-12,16-23,25,36,39-40,44,50H,7-8,13-15,24,26-29,46H2,1-3H3,(H,47,51)(H,48,52)/t36-,39-,40+,44+/m0/s1. The van der Waals surface area contributed by atoms with Crippen LogP contribution in [0.5, 0.6) is 0 Å². The van der Waals surface area contributed by atoms with Gasteiger partial charge in [0.15, 0.2) is 6.29 Å². The third-order valence-corrected chi connectivity index (χ3v) is 10.1. The van der Waals surface area contributed by atoms with Crippen LogP contribution in [0.4, 0.5) is 11.4 Å². The molecular weight excluding hydrogens is 709 g/mol. The highest BCUT2D eigenvalue weighted by Gasteiger charge is 2.39. The number of hydrogen-bond acceptors (Lipinski definition) is 9. The Morgan fingerprint density at radius 1 is 0.857 bits per heavy atom. The normalized spacial score (nSPS) is 20.0. The summed E-state index contributed by atoms with van der Waals surface area (Å²) < 4.78 is 19.0. The van der Waals surface area contributed by atoms with Crippen molar-refractivity contribution in [2.24, 2.45) is 0 Å². The smallest absolute Gasteiger partial charge is 0.323 e. The Bertz CT molecular complexity index is 1940. The number of likely N-dealkylation sites (tertiary alicyclic amines) is 1. The molecule has 0 spiro atoms. The van der Waals surface area contributed by atoms with Crippen molar-refractivity contribution in [1.29, 1.82) is 0 Å². The van der Waals surface area contributed by atoms with Crippen molar-refractivity contribution >= 4 is 29.2 Å². The lowest BCUT2D eigenvalue weighted by Crippen LogP contribution is -2.45. The van der Waals surface area contributed by atoms with Crippen molar-refractivity contribution in [2.45, 2.75) is 103 Å². The fourth-order valence-corrected chi connectivity index (χ4v) is 7.19. The van der Waals surface area contributed by atoms with E-state index >= 15 is 0 Å². The molecule has 2 fully saturated rings. The summed E-state index contributed by atoms with van der Waals surface area (Å²) >= 11 is 0. The number of nitrogens with zero attached hydrogens (tertiary/aromatic N) is 1. The molecule has 0 unspecified atom stereocenters. The van der Waals surface area contributed by atoms with Gasteiger partial charge in [-0.25, -0.2) is 0 Å². The van der Waals surface area contributed by atoms with Gasteiger partial charge in [-0.15, -0.1) is 0 Å². The summed E-state index contributed by atoms with van der Waals surface area (Å²) in [5, 5.41) is 15.4. The lowest BCUT2D eigenvalue weighted by molar-refractivity contribution is -0.253. The number of esters is 1. The Morgan fingerprint density at radius 3 is 2.32 bits per heavy atom. The van der Waals surface area contributed by atoms with Crippen LogP contribution in [0, 0.1) is 0 Å². The monoisotopic (exact) mass is 762 g/mol. The van der Waals surface area contributed by atoms with Crippen LogP contribution >= 0.6 is 0 Å². The van der Waals surface area contributed by atoms with E-state index in [1.807, 2.05) is 87.5 Å². The van der Waals surface area contributed by atoms with Gasteiger partial charge in [0.1, 0.15) is 11.6 Å². The lowest BCUT2D eigenvalue weighted by Gasteiger charge is -2.38. The zero-order valence-corrected chi connectivity index (χ0v) is 32.5. The molecule has 56 heavy (non-hydrogen) atoms. The van der Waals surface area contributed by atoms with Crippen LogP contribution in [-0.2, 0) is 41.7 Å². The molecule has 11 heteroatoms. The first kappa shape index (κ1) is 40.6. The number of amides is 2. The van der Waals surface area contributed by atoms with E-state index in [0.29, 0.717) is 37.3 Å². The molecule has 4 atom stereocenters. The van der Waals surface area contributed by atoms with Gasteiger partial charge in [-0.05, 0) is 92.6 Å². The molecular formula is C45H54N4O7. The number of carbonyl (C=O) groups is 3. The summed E-state index contributed by atoms with van der Waals surface area (Å²) in [4.78, 5) is 40.2. The van der Waals surface area contributed by atoms with Crippen molar-refractivity contribution < 1.29 is 33.7 Å². The molecule has 0 saturated carbocycles. The molecule has 6 rings (SSSR count). The SMILES string of the molecule is CC(C)(C)OC(=O)[C@@H]1CCCN1C[C@@H]1C[C@H](c2ccc(CO)cc2)O[C@H](c2ccc(-c3cccc(CNC(=O)CCCC(=O)Nc4ccccc4N)c3)cc2)O1. The molecule has 2 saturated heterocycles. The van der Waals surface area contributed by atoms with Crippen molar-refractivity contribution in [1.82, 2.24) is 10.2 Å². The van der Waals surface area contributed by atoms with Gasteiger partial charge in [-0.1, -0.05) is 78.9 Å². The molecule has 2 aliphatic rings. The van der Waals surface area contributed by atoms with Gasteiger partial charge in [0.25, 0.3) is 0 Å². The Hall–Kier alpha value is -5.07. The summed E-state index contributed by atoms with van der Waals surface area (Å²) in [6, 6.07) is 30.7. The number of nitrogens with one attached hydrogen (secondary N) is 2. The van der Waals surface area contributed by atoms with E-state index in [9.17, 15) is 19.5 Å². The summed E-state index contributed by atoms with van der Waals surface area (Å²) in [5.74, 6) is -0.492. The van der Waals surface area contributed by atoms with Gasteiger partial charge in [0, 0.05) is 37.9 Å². The number of aliphatic hydroxyl groups is 1. The highest BCUT2D eigenvalue weighted by molar-refractivity contribution is 5.94. The zero-order valence-electron chi connectivity index (χ0n) is 32.5. The molecule has 2 aliphatic heterocycles. The fraction of sp³-hybridized carbons (Fsp3) is 0.400. The topological polar surface area (TPSA) is 152 Å². The number of anilines is 2. The fourth-order valence-electron chi connectivity index (χ4n) is 7.19. The Balaban J connectivity index is 1.07. The summed E-state index contributed by atoms with van der Waals surface area (Å²) in [7, 11) is 0. The number of carbonyl (C=O) groups excluding carboxylic acids is 3. The summed E-state index contributed by atoms with van der Waals surface area (Å²) in [6.07, 6.45) is 2.11. The minimum Gasteiger partial charge on any atom is -0.459 e. The van der Waals surface area contributed by atoms with Crippen LogP contribution in [0.1, 0.15) is 93.9 Å². The molecule has 2 heterocycles. The van der Waals surface area contributed by atoms with Crippen LogP contribution in [0.3, 0.4) is 0 Å². The average molecular weight is 763 g/mol. The minimum absolute atomic E-state index is 0.0287. The largest absolute Gasteiger partial charge is 0.459 e. The predicted molar refractivity (Wildman–Crippen MR) is 216 cm³/mol. The number of nitrogen functional groups attached to an aromatic ring is 1. The predicted octanol–water partition coefficient (Wildman–Crippen LogP) is 7.20. The molecule has 0 bridgehead atoms. The number of rotatable bonds is 14. The van der Waals surface area contributed by atoms with E-state index in [1.54, 1.807) is 24.3 Å². The average Bonchev–Trinajstić information content (AvgIpc) is 3.66. The van der Waals surface area contributed by atoms with Gasteiger partial charge in [0.05, 0.1) is 30.2 Å². The number of aliphatic hydroxyl groups excluding tert-OH is 1. The number of benzene rings is 4. The van der Waals surface area contributed by atoms with E-state index in [1.165, 1.54) is 0 Å². The molecule has 4 aromatic rings. The van der Waals surface area contributed by atoms with Crippen molar-refractivity contribution in [3.63, 3.8) is 0 Å². The maximum atomic E-state index is 13.1. The van der Waals surface area contributed by atoms with Crippen LogP contribution < -0.4 is 16.4 Å². The van der Waals surface area contributed by atoms with Crippen molar-refractivity contribution in [3.05, 3.63) is 119 Å². The Morgan fingerprint density at radius 2 is 1.59 bits per heavy atom. The van der Waals surface area contributed by atoms with E-state index in [2.05, 4.69) is 21.6 Å². The second-order valence-corrected chi connectivity index (χ2v) is 15.6. The van der Waals surface area contributed by atoms with E-state index in [-0.39, 0.29) is 55.5 Å². The molecule has 4 aromatic carbocycles. The van der Waals surface area contributed by atoms with E-state index < -0.39 is 11.9 Å². The highest BCUT2D eigenvalue weighted by atomic mass is 16.7. The van der Waals surface area contributed by atoms with Crippen LogP contribution in [0.25, 0.3) is 11.1 Å². The quantitative estimate of drug-likeness (QED) is 0.0772. The maximum Gasteiger partial charge on any atom is 0.323 e. The second-order valence-electron chi connectivity index (χ2n) is 15.6. The first-order chi connectivity index (χ1) is 26.9. The number of ether oxygens (including phenoxy) is 3. The van der Waals surface area contributed by atoms with Gasteiger partial charge in [0.2, 0.25) is 11.8 Å². The van der Waals surface area contributed by atoms with Gasteiger partial charge in [-0.2, -0.15) is 0 Å². The molecule has 2 amide bonds. The van der Waals surface area contributed by atoms with E-state index in [0.717, 1.165) is 52.8 Å². The highest BCUT2D eigenvalue weighted by Crippen LogP contribution is 2.39. The van der Waals surface area contributed by atoms with Gasteiger partial charge in [-0.3, -0.25) is 19.3 Å². The van der Waals surface area contributed by atoms with Crippen molar-refractivity contribution in [2.75, 3.05) is 24.1 Å². The van der Waals surface area contributed by atoms with Crippen LogP contribution in [0.15, 0.2) is 97.1 Å². The zero-order chi connectivity index (χ0) is 39.7. The maximum absolute atomic E-state index is 13.1. The first-order valence-corrected chi connectivity index (χ1v) is 19.5. The van der Waals surface area contributed by atoms with Gasteiger partial charge < -0.3 is 35.7 Å². The first-order valence-electron chi connectivity index (χ1n) is 19.5. The van der Waals surface area contributed by atoms with E-state index in [4.69, 9.17) is 19.9 Å². The molecule has 296 valence electrons. The Labute approximate surface area is 329 Å². The van der Waals surface area contributed by atoms with Crippen molar-refractivity contribution in [3.8, 4) is 11.1 Å². The van der Waals surface area contributed by atoms with Crippen LogP contribution in [0.2, 0.25) is 0 Å². The summed E-state index contributed by atoms with van der Waals surface area (Å²) in [6.45, 7) is 7.40. The lowest BCUT2D eigenvalue weighted by atomic mass is 9.98. The number of nitrogens with two attached hydrogens (primary N) is 1. The molecule has 0 radical (unpaired) electrons. The number of hydrogen-bond donors (Lipinski definition) is 4. The van der Waals surface area contributed by atoms with Crippen LogP contribution in [-0.4, -0.2) is 58.6 Å². The van der Waals surface area contributed by atoms with Gasteiger partial charge >= 0.3 is 5.97 Å².